The Morgan fingerprint density at radius 2 is 2.25 bits per heavy atom. The van der Waals surface area contributed by atoms with Gasteiger partial charge in [0.2, 0.25) is 0 Å². The molecule has 0 aliphatic rings. The standard InChI is InChI=1S/C9H13BrO2/c1-3-12-9(11)6-4-5-8(2)7-10/h4-6H,3,7H2,1-2H3/b6-4-,8-5+. The van der Waals surface area contributed by atoms with Gasteiger partial charge in [-0.05, 0) is 13.8 Å². The van der Waals surface area contributed by atoms with Gasteiger partial charge in [-0.25, -0.2) is 4.79 Å². The molecule has 3 heteroatoms. The van der Waals surface area contributed by atoms with E-state index in [4.69, 9.17) is 4.74 Å². The first kappa shape index (κ1) is 11.4. The summed E-state index contributed by atoms with van der Waals surface area (Å²) in [5.41, 5.74) is 1.16. The van der Waals surface area contributed by atoms with Crippen molar-refractivity contribution in [3.8, 4) is 0 Å². The lowest BCUT2D eigenvalue weighted by atomic mass is 10.3. The highest BCUT2D eigenvalue weighted by molar-refractivity contribution is 9.09. The zero-order valence-electron chi connectivity index (χ0n) is 7.34. The second kappa shape index (κ2) is 7.10. The lowest BCUT2D eigenvalue weighted by Gasteiger charge is -1.93. The predicted molar refractivity (Wildman–Crippen MR) is 53.3 cm³/mol. The maximum absolute atomic E-state index is 10.8. The van der Waals surface area contributed by atoms with Crippen LogP contribution in [-0.4, -0.2) is 17.9 Å². The second-order valence-electron chi connectivity index (χ2n) is 2.26. The monoisotopic (exact) mass is 232 g/mol. The molecule has 2 nitrogen and oxygen atoms in total. The van der Waals surface area contributed by atoms with Crippen LogP contribution in [0.1, 0.15) is 13.8 Å². The van der Waals surface area contributed by atoms with Gasteiger partial charge in [-0.1, -0.05) is 33.7 Å². The van der Waals surface area contributed by atoms with Crippen LogP contribution in [0.3, 0.4) is 0 Å². The Morgan fingerprint density at radius 3 is 2.75 bits per heavy atom. The highest BCUT2D eigenvalue weighted by Gasteiger charge is 1.90. The summed E-state index contributed by atoms with van der Waals surface area (Å²) in [6, 6.07) is 0. The highest BCUT2D eigenvalue weighted by atomic mass is 79.9. The van der Waals surface area contributed by atoms with Crippen LogP contribution in [0, 0.1) is 0 Å². The Hall–Kier alpha value is -0.570. The molecule has 0 rings (SSSR count). The molecule has 0 aliphatic heterocycles. The molecule has 0 saturated heterocycles. The zero-order chi connectivity index (χ0) is 9.40. The van der Waals surface area contributed by atoms with Gasteiger partial charge >= 0.3 is 5.97 Å². The number of hydrogen-bond donors (Lipinski definition) is 0. The first-order valence-corrected chi connectivity index (χ1v) is 4.89. The molecule has 0 saturated carbocycles. The quantitative estimate of drug-likeness (QED) is 0.322. The van der Waals surface area contributed by atoms with Crippen molar-refractivity contribution in [1.29, 1.82) is 0 Å². The van der Waals surface area contributed by atoms with E-state index in [2.05, 4.69) is 15.9 Å². The van der Waals surface area contributed by atoms with Crippen molar-refractivity contribution in [3.63, 3.8) is 0 Å². The van der Waals surface area contributed by atoms with E-state index in [0.717, 1.165) is 10.9 Å². The number of carbonyl (C=O) groups is 1. The van der Waals surface area contributed by atoms with Gasteiger partial charge in [-0.15, -0.1) is 0 Å². The average molecular weight is 233 g/mol. The fourth-order valence-corrected chi connectivity index (χ4v) is 0.713. The molecule has 0 spiro atoms. The number of halogens is 1. The Labute approximate surface area is 81.4 Å². The van der Waals surface area contributed by atoms with Crippen LogP contribution in [0.5, 0.6) is 0 Å². The van der Waals surface area contributed by atoms with Crippen molar-refractivity contribution in [2.75, 3.05) is 11.9 Å². The zero-order valence-corrected chi connectivity index (χ0v) is 8.93. The van der Waals surface area contributed by atoms with Gasteiger partial charge in [-0.2, -0.15) is 0 Å². The smallest absolute Gasteiger partial charge is 0.330 e. The normalized spacial score (nSPS) is 12.1. The molecule has 68 valence electrons. The number of carbonyl (C=O) groups excluding carboxylic acids is 1. The van der Waals surface area contributed by atoms with Gasteiger partial charge < -0.3 is 4.74 Å². The largest absolute Gasteiger partial charge is 0.463 e. The van der Waals surface area contributed by atoms with E-state index in [1.807, 2.05) is 13.0 Å². The third kappa shape index (κ3) is 6.16. The summed E-state index contributed by atoms with van der Waals surface area (Å²) in [7, 11) is 0. The summed E-state index contributed by atoms with van der Waals surface area (Å²) in [5.74, 6) is -0.295. The summed E-state index contributed by atoms with van der Waals surface area (Å²) in [6.45, 7) is 4.18. The van der Waals surface area contributed by atoms with Crippen LogP contribution >= 0.6 is 15.9 Å². The first-order chi connectivity index (χ1) is 5.70. The van der Waals surface area contributed by atoms with Crippen molar-refractivity contribution in [2.45, 2.75) is 13.8 Å². The molecule has 0 aromatic rings. The van der Waals surface area contributed by atoms with Gasteiger partial charge in [0.25, 0.3) is 0 Å². The molecule has 0 radical (unpaired) electrons. The molecule has 0 aromatic carbocycles. The fraction of sp³-hybridized carbons (Fsp3) is 0.444. The Balaban J connectivity index is 3.83. The topological polar surface area (TPSA) is 26.3 Å². The summed E-state index contributed by atoms with van der Waals surface area (Å²) in [5, 5.41) is 0.820. The van der Waals surface area contributed by atoms with Crippen molar-refractivity contribution in [1.82, 2.24) is 0 Å². The van der Waals surface area contributed by atoms with Gasteiger partial charge in [-0.3, -0.25) is 0 Å². The summed E-state index contributed by atoms with van der Waals surface area (Å²) in [6.07, 6.45) is 4.97. The number of hydrogen-bond acceptors (Lipinski definition) is 2. The van der Waals surface area contributed by atoms with Crippen LogP contribution in [0.15, 0.2) is 23.8 Å². The van der Waals surface area contributed by atoms with Crippen LogP contribution < -0.4 is 0 Å². The number of allylic oxidation sites excluding steroid dienone is 3. The number of ether oxygens (including phenoxy) is 1. The minimum atomic E-state index is -0.295. The average Bonchev–Trinajstić information content (AvgIpc) is 2.04. The molecular weight excluding hydrogens is 220 g/mol. The first-order valence-electron chi connectivity index (χ1n) is 3.77. The predicted octanol–water partition coefficient (Wildman–Crippen LogP) is 2.45. The van der Waals surface area contributed by atoms with E-state index in [1.54, 1.807) is 13.0 Å². The van der Waals surface area contributed by atoms with E-state index >= 15 is 0 Å². The molecule has 0 atom stereocenters. The molecule has 0 fully saturated rings. The summed E-state index contributed by atoms with van der Waals surface area (Å²) >= 11 is 3.29. The van der Waals surface area contributed by atoms with Crippen molar-refractivity contribution in [3.05, 3.63) is 23.8 Å². The van der Waals surface area contributed by atoms with E-state index in [-0.39, 0.29) is 5.97 Å². The van der Waals surface area contributed by atoms with Crippen LogP contribution in [0.25, 0.3) is 0 Å². The van der Waals surface area contributed by atoms with E-state index in [0.29, 0.717) is 6.61 Å². The molecule has 0 unspecified atom stereocenters. The Kier molecular flexibility index (Phi) is 6.76. The molecule has 0 heterocycles. The fourth-order valence-electron chi connectivity index (χ4n) is 0.526. The maximum Gasteiger partial charge on any atom is 0.330 e. The third-order valence-corrected chi connectivity index (χ3v) is 1.99. The molecule has 0 N–H and O–H groups in total. The van der Waals surface area contributed by atoms with E-state index in [1.165, 1.54) is 6.08 Å². The summed E-state index contributed by atoms with van der Waals surface area (Å²) in [4.78, 5) is 10.8. The SMILES string of the molecule is CCOC(=O)/C=C\C=C(/C)CBr. The van der Waals surface area contributed by atoms with E-state index in [9.17, 15) is 4.79 Å². The van der Waals surface area contributed by atoms with Crippen molar-refractivity contribution < 1.29 is 9.53 Å². The lowest BCUT2D eigenvalue weighted by Crippen LogP contribution is -1.98. The lowest BCUT2D eigenvalue weighted by molar-refractivity contribution is -0.137. The Bertz CT molecular complexity index is 195. The van der Waals surface area contributed by atoms with Crippen LogP contribution in [0.2, 0.25) is 0 Å². The Morgan fingerprint density at radius 1 is 1.58 bits per heavy atom. The third-order valence-electron chi connectivity index (χ3n) is 1.11. The number of alkyl halides is 1. The van der Waals surface area contributed by atoms with E-state index < -0.39 is 0 Å². The number of rotatable bonds is 4. The molecular formula is C9H13BrO2. The highest BCUT2D eigenvalue weighted by Crippen LogP contribution is 1.97. The van der Waals surface area contributed by atoms with Gasteiger partial charge in [0, 0.05) is 11.4 Å². The number of esters is 1. The van der Waals surface area contributed by atoms with Crippen LogP contribution in [0.4, 0.5) is 0 Å². The van der Waals surface area contributed by atoms with Crippen molar-refractivity contribution >= 4 is 21.9 Å². The maximum atomic E-state index is 10.8. The van der Waals surface area contributed by atoms with Crippen molar-refractivity contribution in [2.24, 2.45) is 0 Å². The molecule has 0 amide bonds. The van der Waals surface area contributed by atoms with Crippen LogP contribution in [-0.2, 0) is 9.53 Å². The molecule has 0 bridgehead atoms. The van der Waals surface area contributed by atoms with Gasteiger partial charge in [0.15, 0.2) is 0 Å². The van der Waals surface area contributed by atoms with Gasteiger partial charge in [0.1, 0.15) is 0 Å². The summed E-state index contributed by atoms with van der Waals surface area (Å²) < 4.78 is 4.69. The van der Waals surface area contributed by atoms with Gasteiger partial charge in [0.05, 0.1) is 6.61 Å². The second-order valence-corrected chi connectivity index (χ2v) is 2.82. The minimum absolute atomic E-state index is 0.295. The molecule has 12 heavy (non-hydrogen) atoms. The molecule has 0 aliphatic carbocycles. The minimum Gasteiger partial charge on any atom is -0.463 e. The molecule has 0 aromatic heterocycles.